The smallest absolute Gasteiger partial charge is 0.410 e. The van der Waals surface area contributed by atoms with E-state index in [2.05, 4.69) is 62.1 Å². The van der Waals surface area contributed by atoms with Gasteiger partial charge in [0.05, 0.1) is 31.2 Å². The van der Waals surface area contributed by atoms with Gasteiger partial charge in [-0.25, -0.2) is 4.79 Å². The lowest BCUT2D eigenvalue weighted by atomic mass is 9.78. The molecule has 236 valence electrons. The number of hydrogen-bond donors (Lipinski definition) is 2. The molecule has 3 amide bonds. The van der Waals surface area contributed by atoms with Gasteiger partial charge in [0.2, 0.25) is 5.91 Å². The largest absolute Gasteiger partial charge is 0.496 e. The monoisotopic (exact) mass is 595 g/mol. The molecule has 10 nitrogen and oxygen atoms in total. The van der Waals surface area contributed by atoms with E-state index in [9.17, 15) is 14.4 Å². The Labute approximate surface area is 256 Å². The van der Waals surface area contributed by atoms with Crippen molar-refractivity contribution in [2.45, 2.75) is 111 Å². The first-order chi connectivity index (χ1) is 19.8. The number of carbonyl (C=O) groups is 3. The molecule has 3 rings (SSSR count). The van der Waals surface area contributed by atoms with Crippen LogP contribution in [0.4, 0.5) is 4.79 Å². The van der Waals surface area contributed by atoms with E-state index in [1.54, 1.807) is 24.4 Å². The predicted octanol–water partition coefficient (Wildman–Crippen LogP) is 5.20. The zero-order chi connectivity index (χ0) is 32.4. The first-order valence-electron chi connectivity index (χ1n) is 14.8. The van der Waals surface area contributed by atoms with Crippen molar-refractivity contribution in [3.63, 3.8) is 0 Å². The van der Waals surface area contributed by atoms with Crippen molar-refractivity contribution in [2.24, 2.45) is 0 Å². The number of hydrogen-bond acceptors (Lipinski definition) is 7. The molecule has 0 radical (unpaired) electrons. The van der Waals surface area contributed by atoms with Gasteiger partial charge in [0.25, 0.3) is 5.91 Å². The number of aryl methyl sites for hydroxylation is 1. The van der Waals surface area contributed by atoms with Crippen molar-refractivity contribution in [3.8, 4) is 5.75 Å². The van der Waals surface area contributed by atoms with Crippen molar-refractivity contribution >= 4 is 17.9 Å². The van der Waals surface area contributed by atoms with Gasteiger partial charge in [-0.3, -0.25) is 19.6 Å². The Balaban J connectivity index is 1.96. The van der Waals surface area contributed by atoms with Gasteiger partial charge in [-0.15, -0.1) is 0 Å². The SMILES string of the molecule is COc1c(C(C)(C)C)cc(C(=O)NC2(C(=O)NCc3cnc(C)cn3)CCN(C(=O)OC(C)(C)C)CC2)cc1C(C)(C)C. The molecule has 10 heteroatoms. The molecule has 0 aliphatic carbocycles. The fourth-order valence-electron chi connectivity index (χ4n) is 5.04. The number of likely N-dealkylation sites (tertiary alicyclic amines) is 1. The molecule has 2 N–H and O–H groups in total. The second-order valence-corrected chi connectivity index (χ2v) is 14.4. The number of carbonyl (C=O) groups excluding carboxylic acids is 3. The number of rotatable bonds is 6. The van der Waals surface area contributed by atoms with Crippen LogP contribution in [0.3, 0.4) is 0 Å². The van der Waals surface area contributed by atoms with Gasteiger partial charge >= 0.3 is 6.09 Å². The summed E-state index contributed by atoms with van der Waals surface area (Å²) in [5.74, 6) is 0.0520. The van der Waals surface area contributed by atoms with Crippen molar-refractivity contribution in [2.75, 3.05) is 20.2 Å². The van der Waals surface area contributed by atoms with Gasteiger partial charge < -0.3 is 25.0 Å². The summed E-state index contributed by atoms with van der Waals surface area (Å²) >= 11 is 0. The van der Waals surface area contributed by atoms with Crippen molar-refractivity contribution in [3.05, 3.63) is 52.6 Å². The number of amides is 3. The highest BCUT2D eigenvalue weighted by Gasteiger charge is 2.44. The second-order valence-electron chi connectivity index (χ2n) is 14.4. The summed E-state index contributed by atoms with van der Waals surface area (Å²) in [5.41, 5.74) is 1.14. The topological polar surface area (TPSA) is 123 Å². The maximum absolute atomic E-state index is 14.0. The average Bonchev–Trinajstić information content (AvgIpc) is 2.90. The molecule has 0 atom stereocenters. The summed E-state index contributed by atoms with van der Waals surface area (Å²) in [7, 11) is 1.65. The Morgan fingerprint density at radius 3 is 1.91 bits per heavy atom. The van der Waals surface area contributed by atoms with Crippen molar-refractivity contribution in [1.82, 2.24) is 25.5 Å². The highest BCUT2D eigenvalue weighted by molar-refractivity contribution is 6.00. The number of nitrogens with zero attached hydrogens (tertiary/aromatic N) is 3. The molecule has 1 saturated heterocycles. The molecule has 2 aromatic rings. The summed E-state index contributed by atoms with van der Waals surface area (Å²) in [5, 5.41) is 6.04. The van der Waals surface area contributed by atoms with E-state index in [-0.39, 0.29) is 55.1 Å². The highest BCUT2D eigenvalue weighted by Crippen LogP contribution is 2.40. The van der Waals surface area contributed by atoms with Crippen LogP contribution in [0.5, 0.6) is 5.75 Å². The van der Waals surface area contributed by atoms with Crippen LogP contribution < -0.4 is 15.4 Å². The van der Waals surface area contributed by atoms with E-state index in [0.29, 0.717) is 11.3 Å². The Morgan fingerprint density at radius 1 is 0.907 bits per heavy atom. The predicted molar refractivity (Wildman–Crippen MR) is 166 cm³/mol. The lowest BCUT2D eigenvalue weighted by Crippen LogP contribution is -2.63. The summed E-state index contributed by atoms with van der Waals surface area (Å²) in [6.07, 6.45) is 3.25. The van der Waals surface area contributed by atoms with E-state index in [0.717, 1.165) is 22.6 Å². The number of ether oxygens (including phenoxy) is 2. The maximum Gasteiger partial charge on any atom is 0.410 e. The summed E-state index contributed by atoms with van der Waals surface area (Å²) in [6.45, 7) is 20.4. The lowest BCUT2D eigenvalue weighted by molar-refractivity contribution is -0.129. The third kappa shape index (κ3) is 8.45. The fraction of sp³-hybridized carbons (Fsp3) is 0.606. The lowest BCUT2D eigenvalue weighted by Gasteiger charge is -2.41. The number of aromatic nitrogens is 2. The number of benzene rings is 1. The molecule has 0 saturated carbocycles. The zero-order valence-electron chi connectivity index (χ0n) is 27.7. The van der Waals surface area contributed by atoms with E-state index in [1.807, 2.05) is 39.8 Å². The number of nitrogens with one attached hydrogen (secondary N) is 2. The molecule has 0 unspecified atom stereocenters. The third-order valence-corrected chi connectivity index (χ3v) is 7.49. The Kier molecular flexibility index (Phi) is 9.83. The molecule has 1 fully saturated rings. The van der Waals surface area contributed by atoms with Crippen LogP contribution in [0.1, 0.15) is 108 Å². The van der Waals surface area contributed by atoms with Gasteiger partial charge in [0.1, 0.15) is 16.9 Å². The van der Waals surface area contributed by atoms with Crippen LogP contribution in [-0.4, -0.2) is 64.1 Å². The molecule has 1 aliphatic heterocycles. The second kappa shape index (κ2) is 12.5. The van der Waals surface area contributed by atoms with Gasteiger partial charge in [0.15, 0.2) is 0 Å². The highest BCUT2D eigenvalue weighted by atomic mass is 16.6. The molecule has 1 aromatic heterocycles. The number of piperidine rings is 1. The Morgan fingerprint density at radius 2 is 1.47 bits per heavy atom. The van der Waals surface area contributed by atoms with Crippen LogP contribution in [0.25, 0.3) is 0 Å². The van der Waals surface area contributed by atoms with Gasteiger partial charge in [-0.1, -0.05) is 41.5 Å². The summed E-state index contributed by atoms with van der Waals surface area (Å²) in [6, 6.07) is 3.71. The maximum atomic E-state index is 14.0. The molecular weight excluding hydrogens is 546 g/mol. The minimum absolute atomic E-state index is 0.157. The molecular formula is C33H49N5O5. The first-order valence-corrected chi connectivity index (χ1v) is 14.8. The van der Waals surface area contributed by atoms with Crippen LogP contribution in [0, 0.1) is 6.92 Å². The van der Waals surface area contributed by atoms with Gasteiger partial charge in [-0.05, 0) is 63.5 Å². The minimum atomic E-state index is -1.25. The molecule has 0 spiro atoms. The third-order valence-electron chi connectivity index (χ3n) is 7.49. The molecule has 43 heavy (non-hydrogen) atoms. The molecule has 2 heterocycles. The van der Waals surface area contributed by atoms with E-state index >= 15 is 0 Å². The first kappa shape index (κ1) is 33.8. The normalized spacial score (nSPS) is 15.5. The van der Waals surface area contributed by atoms with E-state index < -0.39 is 17.2 Å². The van der Waals surface area contributed by atoms with Crippen LogP contribution in [-0.2, 0) is 26.9 Å². The van der Waals surface area contributed by atoms with Gasteiger partial charge in [-0.2, -0.15) is 0 Å². The van der Waals surface area contributed by atoms with E-state index in [1.165, 1.54) is 0 Å². The average molecular weight is 596 g/mol. The van der Waals surface area contributed by atoms with E-state index in [4.69, 9.17) is 9.47 Å². The van der Waals surface area contributed by atoms with Crippen LogP contribution in [0.2, 0.25) is 0 Å². The summed E-state index contributed by atoms with van der Waals surface area (Å²) in [4.78, 5) is 50.8. The van der Waals surface area contributed by atoms with Crippen LogP contribution >= 0.6 is 0 Å². The number of methoxy groups -OCH3 is 1. The summed E-state index contributed by atoms with van der Waals surface area (Å²) < 4.78 is 11.4. The quantitative estimate of drug-likeness (QED) is 0.470. The minimum Gasteiger partial charge on any atom is -0.496 e. The van der Waals surface area contributed by atoms with Gasteiger partial charge in [0, 0.05) is 36.0 Å². The Bertz CT molecular complexity index is 1290. The standard InChI is InChI=1S/C33H49N5O5/c1-21-18-35-23(19-34-21)20-36-28(40)33(12-14-38(15-13-33)29(41)43-32(8,9)10)37-27(39)22-16-24(30(2,3)4)26(42-11)25(17-22)31(5,6)7/h16-19H,12-15,20H2,1-11H3,(H,36,40)(H,37,39). The molecule has 1 aromatic carbocycles. The van der Waals surface area contributed by atoms with Crippen molar-refractivity contribution in [1.29, 1.82) is 0 Å². The molecule has 0 bridgehead atoms. The fourth-order valence-corrected chi connectivity index (χ4v) is 5.04. The Hall–Kier alpha value is -3.69. The zero-order valence-corrected chi connectivity index (χ0v) is 27.7. The molecule has 1 aliphatic rings. The van der Waals surface area contributed by atoms with Crippen LogP contribution in [0.15, 0.2) is 24.5 Å². The van der Waals surface area contributed by atoms with Crippen molar-refractivity contribution < 1.29 is 23.9 Å².